The van der Waals surface area contributed by atoms with Gasteiger partial charge in [-0.15, -0.1) is 0 Å². The molecule has 1 atom stereocenters. The van der Waals surface area contributed by atoms with Gasteiger partial charge < -0.3 is 9.88 Å². The molecule has 2 fully saturated rings. The van der Waals surface area contributed by atoms with Crippen molar-refractivity contribution in [2.45, 2.75) is 37.3 Å². The molecule has 1 spiro atoms. The molecule has 4 rings (SSSR count). The SMILES string of the molecule is Cn1ccnc1CN1CCC2(CC1)NC(=O)C[C@@H]2c1cccnc1. The third kappa shape index (κ3) is 2.71. The van der Waals surface area contributed by atoms with Crippen LogP contribution in [0.4, 0.5) is 0 Å². The molecule has 2 aromatic heterocycles. The number of nitrogens with one attached hydrogen (secondary N) is 1. The van der Waals surface area contributed by atoms with Crippen molar-refractivity contribution in [1.29, 1.82) is 0 Å². The lowest BCUT2D eigenvalue weighted by atomic mass is 9.75. The Morgan fingerprint density at radius 2 is 2.17 bits per heavy atom. The monoisotopic (exact) mass is 325 g/mol. The highest BCUT2D eigenvalue weighted by molar-refractivity contribution is 5.81. The Morgan fingerprint density at radius 3 is 2.83 bits per heavy atom. The molecular formula is C18H23N5O. The third-order valence-electron chi connectivity index (χ3n) is 5.57. The van der Waals surface area contributed by atoms with Crippen LogP contribution in [-0.2, 0) is 18.4 Å². The van der Waals surface area contributed by atoms with Crippen molar-refractivity contribution >= 4 is 5.91 Å². The number of aryl methyl sites for hydroxylation is 1. The van der Waals surface area contributed by atoms with Crippen molar-refractivity contribution in [3.05, 3.63) is 48.3 Å². The number of hydrogen-bond acceptors (Lipinski definition) is 4. The number of carbonyl (C=O) groups is 1. The standard InChI is InChI=1S/C18H23N5O/c1-22-10-7-20-16(22)13-23-8-4-18(5-9-23)15(11-17(24)21-18)14-3-2-6-19-12-14/h2-3,6-7,10,12,15H,4-5,8-9,11,13H2,1H3,(H,21,24)/t15-/m1/s1. The molecule has 126 valence electrons. The maximum atomic E-state index is 12.1. The Balaban J connectivity index is 1.48. The van der Waals surface area contributed by atoms with Crippen LogP contribution in [0.25, 0.3) is 0 Å². The zero-order valence-electron chi connectivity index (χ0n) is 14.0. The van der Waals surface area contributed by atoms with Crippen molar-refractivity contribution in [3.63, 3.8) is 0 Å². The predicted octanol–water partition coefficient (Wildman–Crippen LogP) is 1.45. The summed E-state index contributed by atoms with van der Waals surface area (Å²) in [6, 6.07) is 4.06. The Bertz CT molecular complexity index is 718. The smallest absolute Gasteiger partial charge is 0.221 e. The quantitative estimate of drug-likeness (QED) is 0.928. The minimum Gasteiger partial charge on any atom is -0.350 e. The Kier molecular flexibility index (Phi) is 3.84. The molecule has 0 aromatic carbocycles. The Morgan fingerprint density at radius 1 is 1.33 bits per heavy atom. The van der Waals surface area contributed by atoms with Crippen LogP contribution >= 0.6 is 0 Å². The highest BCUT2D eigenvalue weighted by atomic mass is 16.2. The van der Waals surface area contributed by atoms with Gasteiger partial charge in [0.15, 0.2) is 0 Å². The topological polar surface area (TPSA) is 63.1 Å². The third-order valence-corrected chi connectivity index (χ3v) is 5.57. The Hall–Kier alpha value is -2.21. The summed E-state index contributed by atoms with van der Waals surface area (Å²) in [7, 11) is 2.03. The van der Waals surface area contributed by atoms with Crippen LogP contribution in [0.2, 0.25) is 0 Å². The van der Waals surface area contributed by atoms with E-state index in [2.05, 4.69) is 30.8 Å². The van der Waals surface area contributed by atoms with Crippen molar-refractivity contribution in [3.8, 4) is 0 Å². The molecule has 0 unspecified atom stereocenters. The molecule has 1 N–H and O–H groups in total. The van der Waals surface area contributed by atoms with Crippen LogP contribution in [0, 0.1) is 0 Å². The molecule has 1 amide bonds. The summed E-state index contributed by atoms with van der Waals surface area (Å²) in [5.41, 5.74) is 1.06. The van der Waals surface area contributed by atoms with Gasteiger partial charge in [-0.2, -0.15) is 0 Å². The van der Waals surface area contributed by atoms with Gasteiger partial charge >= 0.3 is 0 Å². The van der Waals surface area contributed by atoms with Crippen LogP contribution in [0.3, 0.4) is 0 Å². The van der Waals surface area contributed by atoms with Gasteiger partial charge in [-0.05, 0) is 24.5 Å². The minimum absolute atomic E-state index is 0.113. The summed E-state index contributed by atoms with van der Waals surface area (Å²) < 4.78 is 2.07. The zero-order chi connectivity index (χ0) is 16.6. The molecule has 0 saturated carbocycles. The fraction of sp³-hybridized carbons (Fsp3) is 0.500. The van der Waals surface area contributed by atoms with Gasteiger partial charge in [-0.3, -0.25) is 14.7 Å². The molecule has 6 heteroatoms. The summed E-state index contributed by atoms with van der Waals surface area (Å²) in [6.07, 6.45) is 10.0. The second-order valence-corrected chi connectivity index (χ2v) is 6.98. The molecule has 2 aromatic rings. The summed E-state index contributed by atoms with van der Waals surface area (Å²) in [5.74, 6) is 1.49. The van der Waals surface area contributed by atoms with E-state index < -0.39 is 0 Å². The van der Waals surface area contributed by atoms with E-state index in [9.17, 15) is 4.79 Å². The largest absolute Gasteiger partial charge is 0.350 e. The molecule has 24 heavy (non-hydrogen) atoms. The number of amides is 1. The second kappa shape index (κ2) is 6.02. The molecule has 2 aliphatic rings. The van der Waals surface area contributed by atoms with E-state index in [0.29, 0.717) is 6.42 Å². The average molecular weight is 325 g/mol. The summed E-state index contributed by atoms with van der Waals surface area (Å²) in [6.45, 7) is 2.82. The van der Waals surface area contributed by atoms with Gasteiger partial charge in [0.25, 0.3) is 0 Å². The van der Waals surface area contributed by atoms with Crippen molar-refractivity contribution in [1.82, 2.24) is 24.8 Å². The number of piperidine rings is 1. The van der Waals surface area contributed by atoms with E-state index in [1.807, 2.05) is 31.7 Å². The highest BCUT2D eigenvalue weighted by Gasteiger charge is 2.48. The van der Waals surface area contributed by atoms with Crippen molar-refractivity contribution in [2.75, 3.05) is 13.1 Å². The number of carbonyl (C=O) groups excluding carboxylic acids is 1. The molecule has 2 aliphatic heterocycles. The van der Waals surface area contributed by atoms with Crippen LogP contribution in [0.1, 0.15) is 36.6 Å². The van der Waals surface area contributed by atoms with E-state index in [-0.39, 0.29) is 17.4 Å². The number of nitrogens with zero attached hydrogens (tertiary/aromatic N) is 4. The molecular weight excluding hydrogens is 302 g/mol. The molecule has 6 nitrogen and oxygen atoms in total. The van der Waals surface area contributed by atoms with Gasteiger partial charge in [0.2, 0.25) is 5.91 Å². The van der Waals surface area contributed by atoms with E-state index >= 15 is 0 Å². The first-order chi connectivity index (χ1) is 11.7. The number of rotatable bonds is 3. The zero-order valence-corrected chi connectivity index (χ0v) is 14.0. The van der Waals surface area contributed by atoms with Gasteiger partial charge in [0.05, 0.1) is 6.54 Å². The lowest BCUT2D eigenvalue weighted by molar-refractivity contribution is -0.120. The lowest BCUT2D eigenvalue weighted by Crippen LogP contribution is -2.53. The number of aromatic nitrogens is 3. The van der Waals surface area contributed by atoms with Crippen molar-refractivity contribution in [2.24, 2.45) is 7.05 Å². The fourth-order valence-corrected chi connectivity index (χ4v) is 4.15. The van der Waals surface area contributed by atoms with Crippen molar-refractivity contribution < 1.29 is 4.79 Å². The van der Waals surface area contributed by atoms with Crippen LogP contribution < -0.4 is 5.32 Å². The minimum atomic E-state index is -0.113. The average Bonchev–Trinajstić information content (AvgIpc) is 3.14. The van der Waals surface area contributed by atoms with E-state index in [1.165, 1.54) is 5.56 Å². The molecule has 0 aliphatic carbocycles. The van der Waals surface area contributed by atoms with Crippen LogP contribution in [0.5, 0.6) is 0 Å². The first-order valence-electron chi connectivity index (χ1n) is 8.56. The van der Waals surface area contributed by atoms with Gasteiger partial charge in [-0.25, -0.2) is 4.98 Å². The normalized spacial score (nSPS) is 23.5. The molecule has 4 heterocycles. The predicted molar refractivity (Wildman–Crippen MR) is 90.2 cm³/mol. The van der Waals surface area contributed by atoms with Crippen LogP contribution in [0.15, 0.2) is 36.9 Å². The van der Waals surface area contributed by atoms with E-state index in [1.54, 1.807) is 6.20 Å². The van der Waals surface area contributed by atoms with Gasteiger partial charge in [0, 0.05) is 62.8 Å². The first-order valence-corrected chi connectivity index (χ1v) is 8.56. The maximum Gasteiger partial charge on any atom is 0.221 e. The summed E-state index contributed by atoms with van der Waals surface area (Å²) in [5, 5.41) is 3.29. The summed E-state index contributed by atoms with van der Waals surface area (Å²) in [4.78, 5) is 23.2. The molecule has 0 bridgehead atoms. The first kappa shape index (κ1) is 15.3. The highest BCUT2D eigenvalue weighted by Crippen LogP contribution is 2.42. The van der Waals surface area contributed by atoms with E-state index in [4.69, 9.17) is 0 Å². The number of likely N-dealkylation sites (tertiary alicyclic amines) is 1. The van der Waals surface area contributed by atoms with Gasteiger partial charge in [-0.1, -0.05) is 6.07 Å². The molecule has 2 saturated heterocycles. The number of pyridine rings is 1. The second-order valence-electron chi connectivity index (χ2n) is 6.98. The summed E-state index contributed by atoms with van der Waals surface area (Å²) >= 11 is 0. The number of hydrogen-bond donors (Lipinski definition) is 1. The maximum absolute atomic E-state index is 12.1. The van der Waals surface area contributed by atoms with E-state index in [0.717, 1.165) is 38.3 Å². The van der Waals surface area contributed by atoms with Crippen LogP contribution in [-0.4, -0.2) is 44.0 Å². The Labute approximate surface area is 141 Å². The number of imidazole rings is 1. The lowest BCUT2D eigenvalue weighted by Gasteiger charge is -2.42. The van der Waals surface area contributed by atoms with Gasteiger partial charge in [0.1, 0.15) is 5.82 Å². The molecule has 0 radical (unpaired) electrons. The fourth-order valence-electron chi connectivity index (χ4n) is 4.15.